The van der Waals surface area contributed by atoms with Gasteiger partial charge >= 0.3 is 6.09 Å². The molecular formula is C30H31N5O4. The number of hydrogen-bond acceptors (Lipinski definition) is 5. The topological polar surface area (TPSA) is 113 Å². The molecule has 3 N–H and O–H groups in total. The number of rotatable bonds is 6. The van der Waals surface area contributed by atoms with Crippen molar-refractivity contribution in [1.82, 2.24) is 19.8 Å². The van der Waals surface area contributed by atoms with Crippen LogP contribution in [-0.4, -0.2) is 68.7 Å². The first-order valence-electron chi connectivity index (χ1n) is 13.2. The third-order valence-electron chi connectivity index (χ3n) is 7.99. The number of carbonyl (C=O) groups excluding carboxylic acids is 1. The van der Waals surface area contributed by atoms with Crippen molar-refractivity contribution in [3.05, 3.63) is 95.1 Å². The van der Waals surface area contributed by atoms with Gasteiger partial charge in [-0.05, 0) is 62.7 Å². The minimum absolute atomic E-state index is 0.220. The lowest BCUT2D eigenvalue weighted by atomic mass is 9.93. The van der Waals surface area contributed by atoms with Crippen molar-refractivity contribution >= 4 is 29.0 Å². The summed E-state index contributed by atoms with van der Waals surface area (Å²) in [5.74, 6) is 0.258. The molecule has 9 nitrogen and oxygen atoms in total. The number of nitrogens with one attached hydrogen (secondary N) is 1. The molecule has 1 aromatic heterocycles. The number of aliphatic hydroxyl groups is 1. The Morgan fingerprint density at radius 3 is 2.54 bits per heavy atom. The van der Waals surface area contributed by atoms with Gasteiger partial charge in [0.2, 0.25) is 5.95 Å². The molecule has 3 aromatic carbocycles. The fourth-order valence-electron chi connectivity index (χ4n) is 5.77. The summed E-state index contributed by atoms with van der Waals surface area (Å²) >= 11 is 0. The van der Waals surface area contributed by atoms with Crippen molar-refractivity contribution in [3.8, 4) is 0 Å². The Hall–Kier alpha value is -4.21. The Morgan fingerprint density at radius 1 is 1.08 bits per heavy atom. The van der Waals surface area contributed by atoms with Gasteiger partial charge in [0, 0.05) is 29.8 Å². The Morgan fingerprint density at radius 2 is 1.79 bits per heavy atom. The number of hydrogen-bond donors (Lipinski definition) is 3. The van der Waals surface area contributed by atoms with Crippen LogP contribution in [0.25, 0.3) is 11.0 Å². The maximum Gasteiger partial charge on any atom is 0.414 e. The van der Waals surface area contributed by atoms with Crippen LogP contribution in [-0.2, 0) is 12.3 Å². The molecular weight excluding hydrogens is 494 g/mol. The Labute approximate surface area is 226 Å². The predicted molar refractivity (Wildman–Crippen MR) is 147 cm³/mol. The van der Waals surface area contributed by atoms with Crippen molar-refractivity contribution in [2.75, 3.05) is 31.6 Å². The molecule has 4 aromatic rings. The van der Waals surface area contributed by atoms with Gasteiger partial charge in [-0.15, -0.1) is 0 Å². The van der Waals surface area contributed by atoms with Crippen molar-refractivity contribution < 1.29 is 19.8 Å². The lowest BCUT2D eigenvalue weighted by Gasteiger charge is -2.35. The quantitative estimate of drug-likeness (QED) is 0.347. The van der Waals surface area contributed by atoms with Gasteiger partial charge in [-0.1, -0.05) is 54.6 Å². The third kappa shape index (κ3) is 4.43. The van der Waals surface area contributed by atoms with Crippen LogP contribution in [0, 0.1) is 5.92 Å². The number of aromatic amines is 1. The Kier molecular flexibility index (Phi) is 6.32. The van der Waals surface area contributed by atoms with Crippen LogP contribution in [0.2, 0.25) is 0 Å². The molecule has 2 amide bonds. The van der Waals surface area contributed by atoms with E-state index in [2.05, 4.69) is 21.9 Å². The number of carboxylic acid groups (broad SMARTS) is 1. The van der Waals surface area contributed by atoms with Crippen molar-refractivity contribution in [1.29, 1.82) is 0 Å². The number of H-pyrrole nitrogens is 1. The Balaban J connectivity index is 1.37. The van der Waals surface area contributed by atoms with Gasteiger partial charge in [-0.25, -0.2) is 14.7 Å². The minimum atomic E-state index is -1.71. The van der Waals surface area contributed by atoms with Crippen LogP contribution >= 0.6 is 0 Å². The van der Waals surface area contributed by atoms with Crippen molar-refractivity contribution in [3.63, 3.8) is 0 Å². The smallest absolute Gasteiger partial charge is 0.414 e. The molecule has 0 radical (unpaired) electrons. The van der Waals surface area contributed by atoms with E-state index in [1.807, 2.05) is 36.4 Å². The fraction of sp³-hybridized carbons (Fsp3) is 0.300. The van der Waals surface area contributed by atoms with E-state index in [1.54, 1.807) is 36.4 Å². The first-order valence-corrected chi connectivity index (χ1v) is 13.2. The highest BCUT2D eigenvalue weighted by atomic mass is 16.4. The van der Waals surface area contributed by atoms with Crippen LogP contribution in [0.5, 0.6) is 0 Å². The molecule has 2 aliphatic heterocycles. The van der Waals surface area contributed by atoms with E-state index >= 15 is 0 Å². The highest BCUT2D eigenvalue weighted by Crippen LogP contribution is 2.43. The molecule has 200 valence electrons. The molecule has 2 aliphatic rings. The maximum atomic E-state index is 13.5. The molecule has 1 saturated heterocycles. The lowest BCUT2D eigenvalue weighted by molar-refractivity contribution is -0.0542. The van der Waals surface area contributed by atoms with Crippen LogP contribution in [0.1, 0.15) is 39.9 Å². The number of fused-ring (bicyclic) bond motifs is 2. The number of imidazole rings is 1. The molecule has 0 aliphatic carbocycles. The number of aromatic nitrogens is 2. The predicted octanol–water partition coefficient (Wildman–Crippen LogP) is 4.24. The summed E-state index contributed by atoms with van der Waals surface area (Å²) in [5.41, 5.74) is 1.80. The largest absolute Gasteiger partial charge is 0.465 e. The molecule has 6 rings (SSSR count). The summed E-state index contributed by atoms with van der Waals surface area (Å²) in [4.78, 5) is 38.5. The normalized spacial score (nSPS) is 19.9. The minimum Gasteiger partial charge on any atom is -0.465 e. The molecule has 3 heterocycles. The summed E-state index contributed by atoms with van der Waals surface area (Å²) in [6.07, 6.45) is 0.807. The van der Waals surface area contributed by atoms with Gasteiger partial charge in [-0.2, -0.15) is 0 Å². The maximum absolute atomic E-state index is 13.5. The zero-order chi connectivity index (χ0) is 27.1. The molecule has 0 saturated carbocycles. The number of amides is 2. The number of nitrogens with zero attached hydrogens (tertiary/aromatic N) is 4. The van der Waals surface area contributed by atoms with Crippen LogP contribution in [0.15, 0.2) is 72.8 Å². The molecule has 1 fully saturated rings. The van der Waals surface area contributed by atoms with E-state index in [-0.39, 0.29) is 24.3 Å². The first kappa shape index (κ1) is 25.1. The molecule has 39 heavy (non-hydrogen) atoms. The van der Waals surface area contributed by atoms with E-state index in [0.717, 1.165) is 31.5 Å². The number of benzene rings is 3. The van der Waals surface area contributed by atoms with Gasteiger partial charge in [0.1, 0.15) is 0 Å². The molecule has 0 spiro atoms. The number of carbonyl (C=O) groups is 2. The van der Waals surface area contributed by atoms with Gasteiger partial charge < -0.3 is 20.1 Å². The van der Waals surface area contributed by atoms with Crippen LogP contribution in [0.4, 0.5) is 10.7 Å². The van der Waals surface area contributed by atoms with Gasteiger partial charge in [-0.3, -0.25) is 9.69 Å². The van der Waals surface area contributed by atoms with Gasteiger partial charge in [0.25, 0.3) is 5.91 Å². The second kappa shape index (κ2) is 9.83. The molecule has 9 heteroatoms. The molecule has 1 atom stereocenters. The second-order valence-electron chi connectivity index (χ2n) is 10.5. The van der Waals surface area contributed by atoms with Crippen molar-refractivity contribution in [2.24, 2.45) is 5.92 Å². The summed E-state index contributed by atoms with van der Waals surface area (Å²) in [6, 6.07) is 21.9. The van der Waals surface area contributed by atoms with Crippen LogP contribution < -0.4 is 4.90 Å². The third-order valence-corrected chi connectivity index (χ3v) is 7.99. The SMILES string of the molecule is CN1CCC(CN(C(=O)O)c2nc3cc(C4(O)c5ccccc5C(=O)N4Cc4ccccc4)ccc3[nH]2)CC1. The number of anilines is 1. The molecule has 0 bridgehead atoms. The number of piperidine rings is 1. The average molecular weight is 526 g/mol. The van der Waals surface area contributed by atoms with E-state index in [4.69, 9.17) is 0 Å². The van der Waals surface area contributed by atoms with Gasteiger partial charge in [0.15, 0.2) is 5.72 Å². The summed E-state index contributed by atoms with van der Waals surface area (Å²) in [5, 5.41) is 22.3. The van der Waals surface area contributed by atoms with Gasteiger partial charge in [0.05, 0.1) is 11.0 Å². The zero-order valence-electron chi connectivity index (χ0n) is 21.7. The van der Waals surface area contributed by atoms with Crippen LogP contribution in [0.3, 0.4) is 0 Å². The zero-order valence-corrected chi connectivity index (χ0v) is 21.7. The summed E-state index contributed by atoms with van der Waals surface area (Å²) in [7, 11) is 2.08. The van der Waals surface area contributed by atoms with E-state index < -0.39 is 11.8 Å². The highest BCUT2D eigenvalue weighted by Gasteiger charge is 2.49. The monoisotopic (exact) mass is 525 g/mol. The van der Waals surface area contributed by atoms with E-state index in [1.165, 1.54) is 9.80 Å². The average Bonchev–Trinajstić information content (AvgIpc) is 3.46. The highest BCUT2D eigenvalue weighted by molar-refractivity contribution is 6.00. The van der Waals surface area contributed by atoms with E-state index in [0.29, 0.717) is 34.3 Å². The Bertz CT molecular complexity index is 1530. The fourth-order valence-corrected chi connectivity index (χ4v) is 5.77. The second-order valence-corrected chi connectivity index (χ2v) is 10.5. The standard InChI is InChI=1S/C30H31N5O4/c1-33-15-13-21(14-16-33)18-34(29(37)38)28-31-25-12-11-22(17-26(25)32-28)30(39)24-10-6-5-9-23(24)27(36)35(30)19-20-7-3-2-4-8-20/h2-12,17,21,39H,13-16,18-19H2,1H3,(H,31,32)(H,37,38). The number of likely N-dealkylation sites (tertiary alicyclic amines) is 1. The first-order chi connectivity index (χ1) is 18.8. The lowest BCUT2D eigenvalue weighted by Crippen LogP contribution is -2.44. The molecule has 1 unspecified atom stereocenters. The van der Waals surface area contributed by atoms with E-state index in [9.17, 15) is 19.8 Å². The summed E-state index contributed by atoms with van der Waals surface area (Å²) in [6.45, 7) is 2.48. The summed E-state index contributed by atoms with van der Waals surface area (Å²) < 4.78 is 0. The van der Waals surface area contributed by atoms with Crippen molar-refractivity contribution in [2.45, 2.75) is 25.1 Å².